The number of benzene rings is 2. The number of nitrogens with one attached hydrogen (secondary N) is 1. The zero-order chi connectivity index (χ0) is 18.2. The molecule has 0 unspecified atom stereocenters. The molecule has 3 rings (SSSR count). The molecule has 0 spiro atoms. The molecule has 6 heteroatoms. The van der Waals surface area contributed by atoms with Gasteiger partial charge in [0.1, 0.15) is 0 Å². The number of amides is 1. The summed E-state index contributed by atoms with van der Waals surface area (Å²) >= 11 is 3.39. The third-order valence-electron chi connectivity index (χ3n) is 4.42. The summed E-state index contributed by atoms with van der Waals surface area (Å²) in [6.07, 6.45) is 2.12. The van der Waals surface area contributed by atoms with E-state index in [9.17, 15) is 4.79 Å². The Kier molecular flexibility index (Phi) is 6.80. The number of anilines is 1. The molecule has 0 atom stereocenters. The first-order valence-corrected chi connectivity index (χ1v) is 9.60. The summed E-state index contributed by atoms with van der Waals surface area (Å²) in [6, 6.07) is 18.2. The van der Waals surface area contributed by atoms with Crippen molar-refractivity contribution in [3.05, 3.63) is 64.6 Å². The smallest absolute Gasteiger partial charge is 0.241 e. The Morgan fingerprint density at radius 2 is 1.73 bits per heavy atom. The highest BCUT2D eigenvalue weighted by atomic mass is 79.9. The highest BCUT2D eigenvalue weighted by Gasteiger charge is 2.17. The molecule has 0 aliphatic carbocycles. The van der Waals surface area contributed by atoms with E-state index in [1.165, 1.54) is 5.69 Å². The molecule has 0 bridgehead atoms. The van der Waals surface area contributed by atoms with Gasteiger partial charge >= 0.3 is 0 Å². The second-order valence-corrected chi connectivity index (χ2v) is 7.17. The van der Waals surface area contributed by atoms with Gasteiger partial charge in [-0.1, -0.05) is 46.3 Å². The zero-order valence-electron chi connectivity index (χ0n) is 14.6. The molecule has 1 heterocycles. The molecule has 1 amide bonds. The van der Waals surface area contributed by atoms with Crippen LogP contribution in [0.25, 0.3) is 0 Å². The zero-order valence-corrected chi connectivity index (χ0v) is 16.2. The monoisotopic (exact) mass is 414 g/mol. The lowest BCUT2D eigenvalue weighted by molar-refractivity contribution is -0.121. The molecule has 2 aromatic rings. The van der Waals surface area contributed by atoms with Gasteiger partial charge in [-0.2, -0.15) is 5.10 Å². The summed E-state index contributed by atoms with van der Waals surface area (Å²) < 4.78 is 1.02. The van der Waals surface area contributed by atoms with Crippen LogP contribution in [0.15, 0.2) is 64.2 Å². The molecule has 0 saturated carbocycles. The lowest BCUT2D eigenvalue weighted by atomic mass is 10.2. The molecule has 1 aliphatic heterocycles. The Balaban J connectivity index is 1.35. The van der Waals surface area contributed by atoms with Crippen LogP contribution in [-0.4, -0.2) is 49.7 Å². The van der Waals surface area contributed by atoms with Gasteiger partial charge in [0, 0.05) is 49.3 Å². The van der Waals surface area contributed by atoms with E-state index in [0.29, 0.717) is 6.42 Å². The average molecular weight is 415 g/mol. The molecule has 0 radical (unpaired) electrons. The van der Waals surface area contributed by atoms with Gasteiger partial charge in [-0.25, -0.2) is 5.43 Å². The number of halogens is 1. The standard InChI is InChI=1S/C20H23BrN4O/c21-18-8-6-17(7-9-18)16-22-23-20(26)10-11-24-12-14-25(15-13-24)19-4-2-1-3-5-19/h1-9,16H,10-15H2,(H,23,26)/b22-16-. The number of rotatable bonds is 6. The lowest BCUT2D eigenvalue weighted by Crippen LogP contribution is -2.47. The molecular formula is C20H23BrN4O. The first-order valence-electron chi connectivity index (χ1n) is 8.80. The number of carbonyl (C=O) groups is 1. The van der Waals surface area contributed by atoms with Gasteiger partial charge in [-0.15, -0.1) is 0 Å². The van der Waals surface area contributed by atoms with Gasteiger partial charge in [-0.3, -0.25) is 9.69 Å². The maximum atomic E-state index is 11.9. The van der Waals surface area contributed by atoms with Gasteiger partial charge in [0.25, 0.3) is 0 Å². The van der Waals surface area contributed by atoms with Gasteiger partial charge in [0.15, 0.2) is 0 Å². The number of nitrogens with zero attached hydrogens (tertiary/aromatic N) is 3. The molecule has 1 aliphatic rings. The number of piperazine rings is 1. The molecular weight excluding hydrogens is 392 g/mol. The molecule has 1 fully saturated rings. The number of carbonyl (C=O) groups excluding carboxylic acids is 1. The molecule has 1 saturated heterocycles. The minimum atomic E-state index is -0.0520. The molecule has 0 aromatic heterocycles. The van der Waals surface area contributed by atoms with E-state index in [0.717, 1.165) is 42.8 Å². The number of hydrogen-bond donors (Lipinski definition) is 1. The summed E-state index contributed by atoms with van der Waals surface area (Å²) in [7, 11) is 0. The summed E-state index contributed by atoms with van der Waals surface area (Å²) in [5.74, 6) is -0.0520. The maximum absolute atomic E-state index is 11.9. The minimum Gasteiger partial charge on any atom is -0.369 e. The van der Waals surface area contributed by atoms with Crippen molar-refractivity contribution in [2.75, 3.05) is 37.6 Å². The van der Waals surface area contributed by atoms with Crippen LogP contribution in [0.5, 0.6) is 0 Å². The van der Waals surface area contributed by atoms with E-state index < -0.39 is 0 Å². The van der Waals surface area contributed by atoms with Crippen LogP contribution < -0.4 is 10.3 Å². The quantitative estimate of drug-likeness (QED) is 0.583. The number of para-hydroxylation sites is 1. The molecule has 2 aromatic carbocycles. The number of hydrazone groups is 1. The Labute approximate surface area is 162 Å². The van der Waals surface area contributed by atoms with E-state index in [2.05, 4.69) is 60.5 Å². The maximum Gasteiger partial charge on any atom is 0.241 e. The summed E-state index contributed by atoms with van der Waals surface area (Å²) in [4.78, 5) is 16.7. The summed E-state index contributed by atoms with van der Waals surface area (Å²) in [5, 5.41) is 4.02. The van der Waals surface area contributed by atoms with E-state index >= 15 is 0 Å². The Morgan fingerprint density at radius 3 is 2.42 bits per heavy atom. The predicted octanol–water partition coefficient (Wildman–Crippen LogP) is 3.11. The van der Waals surface area contributed by atoms with Crippen LogP contribution >= 0.6 is 15.9 Å². The first-order chi connectivity index (χ1) is 12.7. The van der Waals surface area contributed by atoms with Crippen LogP contribution in [0.1, 0.15) is 12.0 Å². The van der Waals surface area contributed by atoms with E-state index in [4.69, 9.17) is 0 Å². The van der Waals surface area contributed by atoms with Crippen molar-refractivity contribution >= 4 is 33.7 Å². The van der Waals surface area contributed by atoms with Gasteiger partial charge in [-0.05, 0) is 29.8 Å². The van der Waals surface area contributed by atoms with Crippen molar-refractivity contribution in [3.8, 4) is 0 Å². The molecule has 1 N–H and O–H groups in total. The summed E-state index contributed by atoms with van der Waals surface area (Å²) in [6.45, 7) is 4.71. The lowest BCUT2D eigenvalue weighted by Gasteiger charge is -2.36. The second-order valence-electron chi connectivity index (χ2n) is 6.26. The van der Waals surface area contributed by atoms with Crippen molar-refractivity contribution in [1.82, 2.24) is 10.3 Å². The Bertz CT molecular complexity index is 725. The van der Waals surface area contributed by atoms with Gasteiger partial charge in [0.05, 0.1) is 6.21 Å². The van der Waals surface area contributed by atoms with Crippen molar-refractivity contribution in [1.29, 1.82) is 0 Å². The number of hydrogen-bond acceptors (Lipinski definition) is 4. The van der Waals surface area contributed by atoms with Crippen molar-refractivity contribution in [2.24, 2.45) is 5.10 Å². The van der Waals surface area contributed by atoms with Crippen LogP contribution in [0.2, 0.25) is 0 Å². The largest absolute Gasteiger partial charge is 0.369 e. The van der Waals surface area contributed by atoms with Crippen molar-refractivity contribution in [2.45, 2.75) is 6.42 Å². The van der Waals surface area contributed by atoms with Crippen LogP contribution in [0.3, 0.4) is 0 Å². The van der Waals surface area contributed by atoms with Crippen molar-refractivity contribution < 1.29 is 4.79 Å². The molecule has 136 valence electrons. The van der Waals surface area contributed by atoms with Crippen LogP contribution in [0.4, 0.5) is 5.69 Å². The topological polar surface area (TPSA) is 47.9 Å². The minimum absolute atomic E-state index is 0.0520. The third kappa shape index (κ3) is 5.68. The highest BCUT2D eigenvalue weighted by molar-refractivity contribution is 9.10. The highest BCUT2D eigenvalue weighted by Crippen LogP contribution is 2.15. The third-order valence-corrected chi connectivity index (χ3v) is 4.95. The van der Waals surface area contributed by atoms with E-state index in [1.807, 2.05) is 30.3 Å². The second kappa shape index (κ2) is 9.50. The van der Waals surface area contributed by atoms with E-state index in [-0.39, 0.29) is 5.91 Å². The fourth-order valence-electron chi connectivity index (χ4n) is 2.91. The molecule has 5 nitrogen and oxygen atoms in total. The van der Waals surface area contributed by atoms with Crippen LogP contribution in [0, 0.1) is 0 Å². The average Bonchev–Trinajstić information content (AvgIpc) is 2.69. The Morgan fingerprint density at radius 1 is 1.04 bits per heavy atom. The van der Waals surface area contributed by atoms with Crippen LogP contribution in [-0.2, 0) is 4.79 Å². The molecule has 26 heavy (non-hydrogen) atoms. The van der Waals surface area contributed by atoms with E-state index in [1.54, 1.807) is 6.21 Å². The Hall–Kier alpha value is -2.18. The summed E-state index contributed by atoms with van der Waals surface area (Å²) in [5.41, 5.74) is 4.82. The predicted molar refractivity (Wildman–Crippen MR) is 110 cm³/mol. The van der Waals surface area contributed by atoms with Gasteiger partial charge < -0.3 is 4.90 Å². The van der Waals surface area contributed by atoms with Crippen molar-refractivity contribution in [3.63, 3.8) is 0 Å². The van der Waals surface area contributed by atoms with Gasteiger partial charge in [0.2, 0.25) is 5.91 Å². The fraction of sp³-hybridized carbons (Fsp3) is 0.300. The normalized spacial score (nSPS) is 15.3. The first kappa shape index (κ1) is 18.6. The SMILES string of the molecule is O=C(CCN1CCN(c2ccccc2)CC1)N/N=C\c1ccc(Br)cc1. The fourth-order valence-corrected chi connectivity index (χ4v) is 3.18.